The Morgan fingerprint density at radius 3 is 2.76 bits per heavy atom. The molecule has 1 aromatic carbocycles. The van der Waals surface area contributed by atoms with Gasteiger partial charge in [0.2, 0.25) is 0 Å². The van der Waals surface area contributed by atoms with E-state index in [0.29, 0.717) is 6.54 Å². The van der Waals surface area contributed by atoms with Gasteiger partial charge in [-0.3, -0.25) is 9.69 Å². The number of imidazole rings is 1. The van der Waals surface area contributed by atoms with E-state index >= 15 is 0 Å². The van der Waals surface area contributed by atoms with Gasteiger partial charge in [-0.15, -0.1) is 0 Å². The van der Waals surface area contributed by atoms with Gasteiger partial charge in [-0.2, -0.15) is 0 Å². The lowest BCUT2D eigenvalue weighted by Crippen LogP contribution is -2.54. The quantitative estimate of drug-likeness (QED) is 0.797. The summed E-state index contributed by atoms with van der Waals surface area (Å²) in [5.41, 5.74) is 0.467. The van der Waals surface area contributed by atoms with Crippen molar-refractivity contribution in [3.63, 3.8) is 0 Å². The second kappa shape index (κ2) is 7.54. The third-order valence-electron chi connectivity index (χ3n) is 6.51. The van der Waals surface area contributed by atoms with Gasteiger partial charge in [0.1, 0.15) is 17.2 Å². The number of rotatable bonds is 3. The molecule has 3 aliphatic rings. The maximum Gasteiger partial charge on any atom is 0.253 e. The van der Waals surface area contributed by atoms with Crippen molar-refractivity contribution in [3.8, 4) is 0 Å². The Balaban J connectivity index is 1.31. The van der Waals surface area contributed by atoms with Gasteiger partial charge >= 0.3 is 0 Å². The number of likely N-dealkylation sites (tertiary alicyclic amines) is 2. The number of fused-ring (bicyclic) bond motifs is 2. The number of ether oxygens (including phenoxy) is 1. The molecule has 3 aliphatic heterocycles. The molecular weight excluding hydrogens is 371 g/mol. The van der Waals surface area contributed by atoms with Gasteiger partial charge in [-0.25, -0.2) is 9.37 Å². The summed E-state index contributed by atoms with van der Waals surface area (Å²) >= 11 is 0. The SMILES string of the molecule is O=C(C1Cn2ccnc2C2(CCN(Cc3cccc(F)c3)CC2)O1)N1CCCC1. The fraction of sp³-hybridized carbons (Fsp3) is 0.545. The first-order chi connectivity index (χ1) is 14.1. The Morgan fingerprint density at radius 2 is 2.00 bits per heavy atom. The van der Waals surface area contributed by atoms with Gasteiger partial charge in [0.15, 0.2) is 6.10 Å². The van der Waals surface area contributed by atoms with Crippen LogP contribution in [0, 0.1) is 5.82 Å². The lowest BCUT2D eigenvalue weighted by molar-refractivity contribution is -0.180. The molecule has 1 unspecified atom stereocenters. The largest absolute Gasteiger partial charge is 0.352 e. The molecule has 6 nitrogen and oxygen atoms in total. The first-order valence-electron chi connectivity index (χ1n) is 10.6. The summed E-state index contributed by atoms with van der Waals surface area (Å²) in [5, 5.41) is 0. The second-order valence-corrected chi connectivity index (χ2v) is 8.44. The number of halogens is 1. The van der Waals surface area contributed by atoms with Crippen molar-refractivity contribution in [2.75, 3.05) is 26.2 Å². The highest BCUT2D eigenvalue weighted by Gasteiger charge is 2.47. The molecule has 2 fully saturated rings. The lowest BCUT2D eigenvalue weighted by Gasteiger charge is -2.46. The summed E-state index contributed by atoms with van der Waals surface area (Å²) in [7, 11) is 0. The van der Waals surface area contributed by atoms with Gasteiger partial charge in [0, 0.05) is 45.1 Å². The van der Waals surface area contributed by atoms with Crippen LogP contribution in [0.2, 0.25) is 0 Å². The number of benzene rings is 1. The van der Waals surface area contributed by atoms with Crippen molar-refractivity contribution in [1.82, 2.24) is 19.4 Å². The normalized spacial score (nSPS) is 24.0. The summed E-state index contributed by atoms with van der Waals surface area (Å²) in [6, 6.07) is 6.79. The number of piperidine rings is 1. The van der Waals surface area contributed by atoms with Crippen LogP contribution in [0.15, 0.2) is 36.7 Å². The standard InChI is InChI=1S/C22H27FN4O2/c23-18-5-3-4-17(14-18)15-25-11-6-22(7-12-25)21-24-8-13-27(21)16-19(29-22)20(28)26-9-1-2-10-26/h3-5,8,13-14,19H,1-2,6-7,9-12,15-16H2. The van der Waals surface area contributed by atoms with Crippen molar-refractivity contribution < 1.29 is 13.9 Å². The molecule has 1 spiro atoms. The zero-order valence-electron chi connectivity index (χ0n) is 16.6. The monoisotopic (exact) mass is 398 g/mol. The van der Waals surface area contributed by atoms with Crippen LogP contribution in [0.1, 0.15) is 37.1 Å². The molecule has 1 atom stereocenters. The van der Waals surface area contributed by atoms with Crippen LogP contribution in [-0.2, 0) is 28.2 Å². The molecule has 1 aromatic heterocycles. The van der Waals surface area contributed by atoms with Crippen LogP contribution in [0.5, 0.6) is 0 Å². The molecule has 2 aromatic rings. The van der Waals surface area contributed by atoms with E-state index in [0.717, 1.165) is 69.8 Å². The molecule has 29 heavy (non-hydrogen) atoms. The van der Waals surface area contributed by atoms with Crippen LogP contribution in [0.25, 0.3) is 0 Å². The number of hydrogen-bond donors (Lipinski definition) is 0. The highest BCUT2D eigenvalue weighted by Crippen LogP contribution is 2.40. The van der Waals surface area contributed by atoms with E-state index in [1.54, 1.807) is 12.1 Å². The van der Waals surface area contributed by atoms with Gasteiger partial charge in [0.05, 0.1) is 6.54 Å². The summed E-state index contributed by atoms with van der Waals surface area (Å²) in [5.74, 6) is 0.855. The van der Waals surface area contributed by atoms with Gasteiger partial charge in [-0.1, -0.05) is 12.1 Å². The molecule has 0 bridgehead atoms. The summed E-state index contributed by atoms with van der Waals surface area (Å²) in [6.07, 6.45) is 7.05. The molecule has 4 heterocycles. The zero-order valence-corrected chi connectivity index (χ0v) is 16.6. The highest BCUT2D eigenvalue weighted by molar-refractivity contribution is 5.81. The third-order valence-corrected chi connectivity index (χ3v) is 6.51. The highest BCUT2D eigenvalue weighted by atomic mass is 19.1. The van der Waals surface area contributed by atoms with Gasteiger partial charge in [0.25, 0.3) is 5.91 Å². The van der Waals surface area contributed by atoms with E-state index in [9.17, 15) is 9.18 Å². The predicted molar refractivity (Wildman–Crippen MR) is 106 cm³/mol. The molecule has 0 N–H and O–H groups in total. The number of carbonyl (C=O) groups excluding carboxylic acids is 1. The maximum absolute atomic E-state index is 13.5. The first kappa shape index (κ1) is 18.8. The Labute approximate surface area is 170 Å². The van der Waals surface area contributed by atoms with Crippen molar-refractivity contribution in [1.29, 1.82) is 0 Å². The second-order valence-electron chi connectivity index (χ2n) is 8.44. The fourth-order valence-electron chi connectivity index (χ4n) is 4.97. The van der Waals surface area contributed by atoms with Crippen LogP contribution < -0.4 is 0 Å². The lowest BCUT2D eigenvalue weighted by atomic mass is 9.88. The molecule has 5 rings (SSSR count). The molecule has 0 saturated carbocycles. The Kier molecular flexibility index (Phi) is 4.87. The molecule has 2 saturated heterocycles. The Hall–Kier alpha value is -2.25. The minimum atomic E-state index is -0.514. The summed E-state index contributed by atoms with van der Waals surface area (Å²) in [6.45, 7) is 4.59. The van der Waals surface area contributed by atoms with Crippen LogP contribution in [-0.4, -0.2) is 57.5 Å². The van der Waals surface area contributed by atoms with Crippen molar-refractivity contribution in [3.05, 3.63) is 53.9 Å². The smallest absolute Gasteiger partial charge is 0.253 e. The van der Waals surface area contributed by atoms with Crippen molar-refractivity contribution in [2.24, 2.45) is 0 Å². The molecule has 1 amide bonds. The van der Waals surface area contributed by atoms with Crippen molar-refractivity contribution in [2.45, 2.75) is 50.5 Å². The first-order valence-corrected chi connectivity index (χ1v) is 10.6. The number of hydrogen-bond acceptors (Lipinski definition) is 4. The summed E-state index contributed by atoms with van der Waals surface area (Å²) < 4.78 is 22.1. The number of amides is 1. The average Bonchev–Trinajstić information content (AvgIpc) is 3.41. The van der Waals surface area contributed by atoms with E-state index in [1.807, 2.05) is 23.4 Å². The Morgan fingerprint density at radius 1 is 1.21 bits per heavy atom. The number of nitrogens with zero attached hydrogens (tertiary/aromatic N) is 4. The topological polar surface area (TPSA) is 50.6 Å². The van der Waals surface area contributed by atoms with E-state index in [1.165, 1.54) is 6.07 Å². The van der Waals surface area contributed by atoms with Gasteiger partial charge in [-0.05, 0) is 43.4 Å². The average molecular weight is 398 g/mol. The molecule has 7 heteroatoms. The number of aromatic nitrogens is 2. The fourth-order valence-corrected chi connectivity index (χ4v) is 4.97. The van der Waals surface area contributed by atoms with Crippen LogP contribution >= 0.6 is 0 Å². The molecular formula is C22H27FN4O2. The number of carbonyl (C=O) groups is 1. The predicted octanol–water partition coefficient (Wildman–Crippen LogP) is 2.53. The summed E-state index contributed by atoms with van der Waals surface area (Å²) in [4.78, 5) is 21.9. The minimum absolute atomic E-state index is 0.114. The maximum atomic E-state index is 13.5. The van der Waals surface area contributed by atoms with Gasteiger partial charge < -0.3 is 14.2 Å². The third kappa shape index (κ3) is 3.57. The molecule has 0 aliphatic carbocycles. The van der Waals surface area contributed by atoms with E-state index in [-0.39, 0.29) is 11.7 Å². The van der Waals surface area contributed by atoms with Crippen molar-refractivity contribution >= 4 is 5.91 Å². The van der Waals surface area contributed by atoms with E-state index in [4.69, 9.17) is 4.74 Å². The zero-order chi connectivity index (χ0) is 19.8. The van der Waals surface area contributed by atoms with E-state index in [2.05, 4.69) is 14.5 Å². The van der Waals surface area contributed by atoms with Crippen LogP contribution in [0.4, 0.5) is 4.39 Å². The van der Waals surface area contributed by atoms with E-state index < -0.39 is 11.7 Å². The molecule has 0 radical (unpaired) electrons. The minimum Gasteiger partial charge on any atom is -0.352 e. The Bertz CT molecular complexity index is 884. The van der Waals surface area contributed by atoms with Crippen LogP contribution in [0.3, 0.4) is 0 Å². The molecule has 154 valence electrons.